The topological polar surface area (TPSA) is 42.0 Å². The predicted molar refractivity (Wildman–Crippen MR) is 61.5 cm³/mol. The zero-order valence-corrected chi connectivity index (χ0v) is 9.48. The van der Waals surface area contributed by atoms with E-state index in [1.54, 1.807) is 11.4 Å². The molecule has 0 atom stereocenters. The van der Waals surface area contributed by atoms with Gasteiger partial charge in [-0.25, -0.2) is 9.37 Å². The number of carbonyl (C=O) groups excluding carboxylic acids is 1. The van der Waals surface area contributed by atoms with Crippen molar-refractivity contribution in [3.63, 3.8) is 0 Å². The maximum absolute atomic E-state index is 13.4. The van der Waals surface area contributed by atoms with Crippen LogP contribution in [0.1, 0.15) is 10.5 Å². The molecule has 0 bridgehead atoms. The van der Waals surface area contributed by atoms with Gasteiger partial charge in [0.05, 0.1) is 16.2 Å². The Morgan fingerprint density at radius 1 is 1.50 bits per heavy atom. The number of thiazole rings is 1. The van der Waals surface area contributed by atoms with Crippen LogP contribution in [0, 0.1) is 5.82 Å². The summed E-state index contributed by atoms with van der Waals surface area (Å²) >= 11 is 6.88. The van der Waals surface area contributed by atoms with E-state index in [1.807, 2.05) is 0 Å². The van der Waals surface area contributed by atoms with Gasteiger partial charge in [-0.2, -0.15) is 0 Å². The summed E-state index contributed by atoms with van der Waals surface area (Å²) in [6.45, 7) is 0. The molecule has 2 rings (SSSR count). The molecule has 1 aromatic heterocycles. The van der Waals surface area contributed by atoms with E-state index in [1.165, 1.54) is 29.0 Å². The molecule has 0 spiro atoms. The molecule has 0 aliphatic rings. The van der Waals surface area contributed by atoms with E-state index in [9.17, 15) is 9.18 Å². The van der Waals surface area contributed by atoms with Crippen LogP contribution in [-0.4, -0.2) is 10.9 Å². The summed E-state index contributed by atoms with van der Waals surface area (Å²) in [5, 5.41) is 3.95. The van der Waals surface area contributed by atoms with E-state index < -0.39 is 11.7 Å². The number of rotatable bonds is 2. The van der Waals surface area contributed by atoms with Crippen molar-refractivity contribution in [1.82, 2.24) is 4.98 Å². The maximum Gasteiger partial charge on any atom is 0.275 e. The minimum atomic E-state index is -0.646. The Bertz CT molecular complexity index is 516. The fourth-order valence-electron chi connectivity index (χ4n) is 1.11. The molecule has 0 radical (unpaired) electrons. The number of anilines is 1. The highest BCUT2D eigenvalue weighted by molar-refractivity contribution is 7.07. The number of nitrogens with one attached hydrogen (secondary N) is 1. The van der Waals surface area contributed by atoms with Crippen molar-refractivity contribution < 1.29 is 9.18 Å². The molecule has 16 heavy (non-hydrogen) atoms. The molecular weight excluding hydrogens is 251 g/mol. The van der Waals surface area contributed by atoms with Gasteiger partial charge in [-0.1, -0.05) is 17.7 Å². The first-order valence-electron chi connectivity index (χ1n) is 4.32. The fraction of sp³-hybridized carbons (Fsp3) is 0. The van der Waals surface area contributed by atoms with Crippen LogP contribution in [-0.2, 0) is 0 Å². The Hall–Kier alpha value is -1.46. The zero-order valence-electron chi connectivity index (χ0n) is 7.91. The Morgan fingerprint density at radius 2 is 2.31 bits per heavy atom. The van der Waals surface area contributed by atoms with E-state index in [4.69, 9.17) is 11.6 Å². The number of hydrogen-bond donors (Lipinski definition) is 1. The van der Waals surface area contributed by atoms with Crippen LogP contribution in [0.25, 0.3) is 0 Å². The lowest BCUT2D eigenvalue weighted by atomic mass is 10.3. The Morgan fingerprint density at radius 3 is 3.00 bits per heavy atom. The van der Waals surface area contributed by atoms with Crippen LogP contribution in [0.2, 0.25) is 5.02 Å². The van der Waals surface area contributed by atoms with Gasteiger partial charge in [0.25, 0.3) is 5.91 Å². The van der Waals surface area contributed by atoms with E-state index in [0.717, 1.165) is 0 Å². The lowest BCUT2D eigenvalue weighted by Gasteiger charge is -2.05. The summed E-state index contributed by atoms with van der Waals surface area (Å²) in [5.74, 6) is -1.10. The molecule has 1 heterocycles. The minimum Gasteiger partial charge on any atom is -0.318 e. The summed E-state index contributed by atoms with van der Waals surface area (Å²) < 4.78 is 13.4. The molecule has 1 aromatic carbocycles. The lowest BCUT2D eigenvalue weighted by molar-refractivity contribution is 0.102. The van der Waals surface area contributed by atoms with Crippen molar-refractivity contribution >= 4 is 34.5 Å². The number of amides is 1. The van der Waals surface area contributed by atoms with Crippen LogP contribution < -0.4 is 5.32 Å². The lowest BCUT2D eigenvalue weighted by Crippen LogP contribution is -2.13. The summed E-state index contributed by atoms with van der Waals surface area (Å²) in [4.78, 5) is 15.4. The van der Waals surface area contributed by atoms with Gasteiger partial charge in [0.1, 0.15) is 5.69 Å². The van der Waals surface area contributed by atoms with Gasteiger partial charge in [0.15, 0.2) is 5.82 Å². The molecule has 2 aromatic rings. The number of hydrogen-bond acceptors (Lipinski definition) is 3. The average Bonchev–Trinajstić information content (AvgIpc) is 2.78. The largest absolute Gasteiger partial charge is 0.318 e. The summed E-state index contributed by atoms with van der Waals surface area (Å²) in [5.41, 5.74) is 1.83. The monoisotopic (exact) mass is 256 g/mol. The molecular formula is C10H6ClFN2OS. The molecule has 3 nitrogen and oxygen atoms in total. The molecule has 0 unspecified atom stereocenters. The Kier molecular flexibility index (Phi) is 3.17. The van der Waals surface area contributed by atoms with Gasteiger partial charge >= 0.3 is 0 Å². The van der Waals surface area contributed by atoms with Crippen molar-refractivity contribution in [1.29, 1.82) is 0 Å². The predicted octanol–water partition coefficient (Wildman–Crippen LogP) is 3.19. The Labute approximate surface area is 99.9 Å². The molecule has 0 aliphatic heterocycles. The van der Waals surface area contributed by atoms with E-state index in [2.05, 4.69) is 10.3 Å². The molecule has 6 heteroatoms. The van der Waals surface area contributed by atoms with Gasteiger partial charge in [-0.15, -0.1) is 11.3 Å². The number of carbonyl (C=O) groups is 1. The van der Waals surface area contributed by atoms with Crippen molar-refractivity contribution in [2.24, 2.45) is 0 Å². The number of aromatic nitrogens is 1. The van der Waals surface area contributed by atoms with Gasteiger partial charge in [-0.05, 0) is 12.1 Å². The van der Waals surface area contributed by atoms with Crippen molar-refractivity contribution in [3.05, 3.63) is 45.6 Å². The van der Waals surface area contributed by atoms with Gasteiger partial charge in [-0.3, -0.25) is 4.79 Å². The van der Waals surface area contributed by atoms with Crippen LogP contribution in [0.3, 0.4) is 0 Å². The van der Waals surface area contributed by atoms with E-state index in [-0.39, 0.29) is 16.4 Å². The van der Waals surface area contributed by atoms with Crippen LogP contribution >= 0.6 is 22.9 Å². The summed E-state index contributed by atoms with van der Waals surface area (Å²) in [6.07, 6.45) is 0. The number of benzene rings is 1. The molecule has 1 amide bonds. The third-order valence-corrected chi connectivity index (χ3v) is 2.74. The zero-order chi connectivity index (χ0) is 11.5. The molecule has 1 N–H and O–H groups in total. The first kappa shape index (κ1) is 11.0. The molecule has 0 aliphatic carbocycles. The smallest absolute Gasteiger partial charge is 0.275 e. The van der Waals surface area contributed by atoms with Crippen LogP contribution in [0.15, 0.2) is 29.1 Å². The summed E-state index contributed by atoms with van der Waals surface area (Å²) in [7, 11) is 0. The fourth-order valence-corrected chi connectivity index (χ4v) is 1.82. The molecule has 0 fully saturated rings. The van der Waals surface area contributed by atoms with Crippen LogP contribution in [0.4, 0.5) is 10.1 Å². The van der Waals surface area contributed by atoms with Crippen LogP contribution in [0.5, 0.6) is 0 Å². The second kappa shape index (κ2) is 4.59. The normalized spacial score (nSPS) is 10.1. The second-order valence-corrected chi connectivity index (χ2v) is 4.06. The van der Waals surface area contributed by atoms with Gasteiger partial charge in [0.2, 0.25) is 0 Å². The molecule has 0 saturated heterocycles. The van der Waals surface area contributed by atoms with Gasteiger partial charge < -0.3 is 5.32 Å². The van der Waals surface area contributed by atoms with Crippen molar-refractivity contribution in [2.75, 3.05) is 5.32 Å². The number of halogens is 2. The standard InChI is InChI=1S/C10H6ClFN2OS/c11-6-2-1-3-7(9(6)12)14-10(15)8-4-16-5-13-8/h1-5H,(H,14,15). The van der Waals surface area contributed by atoms with Crippen molar-refractivity contribution in [2.45, 2.75) is 0 Å². The second-order valence-electron chi connectivity index (χ2n) is 2.93. The highest BCUT2D eigenvalue weighted by atomic mass is 35.5. The highest BCUT2D eigenvalue weighted by Gasteiger charge is 2.12. The van der Waals surface area contributed by atoms with Crippen molar-refractivity contribution in [3.8, 4) is 0 Å². The molecule has 0 saturated carbocycles. The minimum absolute atomic E-state index is 0.0314. The quantitative estimate of drug-likeness (QED) is 0.897. The average molecular weight is 257 g/mol. The third kappa shape index (κ3) is 2.20. The summed E-state index contributed by atoms with van der Waals surface area (Å²) in [6, 6.07) is 4.41. The maximum atomic E-state index is 13.4. The van der Waals surface area contributed by atoms with Gasteiger partial charge in [0, 0.05) is 5.38 Å². The number of nitrogens with zero attached hydrogens (tertiary/aromatic N) is 1. The first-order valence-corrected chi connectivity index (χ1v) is 5.64. The SMILES string of the molecule is O=C(Nc1cccc(Cl)c1F)c1cscn1. The van der Waals surface area contributed by atoms with E-state index in [0.29, 0.717) is 0 Å². The Balaban J connectivity index is 2.22. The molecule has 82 valence electrons. The third-order valence-electron chi connectivity index (χ3n) is 1.86. The first-order chi connectivity index (χ1) is 7.68. The van der Waals surface area contributed by atoms with E-state index >= 15 is 0 Å². The highest BCUT2D eigenvalue weighted by Crippen LogP contribution is 2.22.